The lowest BCUT2D eigenvalue weighted by Crippen LogP contribution is -2.29. The lowest BCUT2D eigenvalue weighted by atomic mass is 9.91. The van der Waals surface area contributed by atoms with Crippen LogP contribution in [0.15, 0.2) is 24.5 Å². The highest BCUT2D eigenvalue weighted by Crippen LogP contribution is 2.60. The maximum absolute atomic E-state index is 14.9. The maximum Gasteiger partial charge on any atom is 0.255 e. The Morgan fingerprint density at radius 1 is 1.24 bits per heavy atom. The van der Waals surface area contributed by atoms with Crippen molar-refractivity contribution in [2.75, 3.05) is 32.4 Å². The van der Waals surface area contributed by atoms with Gasteiger partial charge in [0.2, 0.25) is 5.95 Å². The molecule has 2 fully saturated rings. The predicted octanol–water partition coefficient (Wildman–Crippen LogP) is 4.68. The fourth-order valence-corrected chi connectivity index (χ4v) is 6.59. The summed E-state index contributed by atoms with van der Waals surface area (Å²) in [5.41, 5.74) is 1.39. The number of aromatic nitrogens is 3. The van der Waals surface area contributed by atoms with Crippen molar-refractivity contribution in [1.82, 2.24) is 24.8 Å². The van der Waals surface area contributed by atoms with Crippen molar-refractivity contribution in [2.24, 2.45) is 0 Å². The first-order chi connectivity index (χ1) is 17.6. The van der Waals surface area contributed by atoms with Gasteiger partial charge in [0.25, 0.3) is 5.91 Å². The SMILES string of the molecule is [2H]C([2H])([2H])N1C(=O)c2c(sc(-c3nc(Nc4ccc(C5CCN(C)CC5)cn4)ncc3F)c2C)C12CC2. The first-order valence-corrected chi connectivity index (χ1v) is 12.3. The van der Waals surface area contributed by atoms with Gasteiger partial charge in [-0.15, -0.1) is 11.3 Å². The van der Waals surface area contributed by atoms with Crippen molar-refractivity contribution in [1.29, 1.82) is 0 Å². The lowest BCUT2D eigenvalue weighted by molar-refractivity contribution is 0.0755. The molecule has 1 N–H and O–H groups in total. The predicted molar refractivity (Wildman–Crippen MR) is 130 cm³/mol. The zero-order valence-electron chi connectivity index (χ0n) is 22.1. The third kappa shape index (κ3) is 3.32. The minimum Gasteiger partial charge on any atom is -0.331 e. The number of hydrogen-bond donors (Lipinski definition) is 1. The molecular formula is C25H27FN6OS. The third-order valence-electron chi connectivity index (χ3n) is 7.31. The number of pyridine rings is 1. The van der Waals surface area contributed by atoms with Gasteiger partial charge in [0.1, 0.15) is 11.5 Å². The van der Waals surface area contributed by atoms with E-state index in [9.17, 15) is 9.18 Å². The molecule has 0 bridgehead atoms. The van der Waals surface area contributed by atoms with Crippen LogP contribution >= 0.6 is 11.3 Å². The van der Waals surface area contributed by atoms with Crippen LogP contribution in [0.1, 0.15) is 62.1 Å². The number of fused-ring (bicyclic) bond motifs is 2. The van der Waals surface area contributed by atoms with Crippen molar-refractivity contribution in [3.8, 4) is 10.6 Å². The highest BCUT2D eigenvalue weighted by molar-refractivity contribution is 7.16. The number of hydrogen-bond acceptors (Lipinski definition) is 7. The molecule has 3 aromatic rings. The van der Waals surface area contributed by atoms with Gasteiger partial charge in [-0.3, -0.25) is 4.79 Å². The molecule has 6 rings (SSSR count). The summed E-state index contributed by atoms with van der Waals surface area (Å²) in [5, 5.41) is 3.06. The van der Waals surface area contributed by atoms with E-state index in [0.29, 0.717) is 45.5 Å². The molecule has 3 aromatic heterocycles. The van der Waals surface area contributed by atoms with E-state index in [1.165, 1.54) is 16.9 Å². The molecule has 9 heteroatoms. The van der Waals surface area contributed by atoms with Crippen molar-refractivity contribution >= 4 is 29.0 Å². The molecule has 1 saturated heterocycles. The van der Waals surface area contributed by atoms with Crippen LogP contribution in [-0.2, 0) is 5.54 Å². The van der Waals surface area contributed by atoms with Crippen LogP contribution in [0.4, 0.5) is 16.2 Å². The van der Waals surface area contributed by atoms with Crippen molar-refractivity contribution < 1.29 is 13.3 Å². The minimum atomic E-state index is -2.52. The molecule has 1 saturated carbocycles. The number of amides is 1. The summed E-state index contributed by atoms with van der Waals surface area (Å²) in [6, 6.07) is 3.94. The topological polar surface area (TPSA) is 74.2 Å². The summed E-state index contributed by atoms with van der Waals surface area (Å²) < 4.78 is 38.5. The van der Waals surface area contributed by atoms with E-state index in [1.54, 1.807) is 6.92 Å². The number of nitrogens with zero attached hydrogens (tertiary/aromatic N) is 5. The molecular weight excluding hydrogens is 451 g/mol. The molecule has 1 spiro atoms. The minimum absolute atomic E-state index is 0.0846. The fraction of sp³-hybridized carbons (Fsp3) is 0.440. The van der Waals surface area contributed by atoms with E-state index in [2.05, 4.69) is 38.3 Å². The largest absolute Gasteiger partial charge is 0.331 e. The molecule has 1 aliphatic carbocycles. The van der Waals surface area contributed by atoms with Crippen LogP contribution in [0.3, 0.4) is 0 Å². The molecule has 7 nitrogen and oxygen atoms in total. The Kier molecular flexibility index (Phi) is 4.23. The Labute approximate surface area is 206 Å². The average molecular weight is 482 g/mol. The molecule has 176 valence electrons. The van der Waals surface area contributed by atoms with E-state index in [-0.39, 0.29) is 11.6 Å². The summed E-state index contributed by atoms with van der Waals surface area (Å²) in [4.78, 5) is 30.7. The molecule has 0 atom stereocenters. The number of thiophene rings is 1. The lowest BCUT2D eigenvalue weighted by Gasteiger charge is -2.29. The summed E-state index contributed by atoms with van der Waals surface area (Å²) in [6.07, 6.45) is 6.35. The number of piperidine rings is 1. The van der Waals surface area contributed by atoms with Crippen LogP contribution < -0.4 is 5.32 Å². The fourth-order valence-electron chi connectivity index (χ4n) is 5.07. The molecule has 0 aromatic carbocycles. The second kappa shape index (κ2) is 7.81. The van der Waals surface area contributed by atoms with Gasteiger partial charge in [-0.1, -0.05) is 6.07 Å². The standard InChI is InChI=1S/C25H27FN6OS/c1-14-19-22(25(8-9-25)32(3)23(19)33)34-21(14)20-17(26)13-28-24(30-20)29-18-5-4-16(12-27-18)15-6-10-31(2)11-7-15/h4-5,12-13,15H,6-11H2,1-3H3,(H,27,28,29,30)/i3D3. The Bertz CT molecular complexity index is 1380. The Morgan fingerprint density at radius 3 is 2.71 bits per heavy atom. The van der Waals surface area contributed by atoms with E-state index in [1.807, 2.05) is 12.3 Å². The smallest absolute Gasteiger partial charge is 0.255 e. The number of halogens is 1. The summed E-state index contributed by atoms with van der Waals surface area (Å²) in [6.45, 7) is 1.35. The van der Waals surface area contributed by atoms with Gasteiger partial charge in [0, 0.05) is 22.2 Å². The second-order valence-electron chi connectivity index (χ2n) is 9.50. The average Bonchev–Trinajstić information content (AvgIpc) is 3.49. The Hall–Kier alpha value is -2.91. The monoisotopic (exact) mass is 481 g/mol. The number of carbonyl (C=O) groups excluding carboxylic acids is 1. The molecule has 5 heterocycles. The van der Waals surface area contributed by atoms with Gasteiger partial charge in [-0.05, 0) is 75.9 Å². The highest BCUT2D eigenvalue weighted by atomic mass is 32.1. The zero-order valence-corrected chi connectivity index (χ0v) is 19.9. The zero-order chi connectivity index (χ0) is 26.1. The van der Waals surface area contributed by atoms with Crippen LogP contribution in [0.5, 0.6) is 0 Å². The molecule has 34 heavy (non-hydrogen) atoms. The van der Waals surface area contributed by atoms with Gasteiger partial charge >= 0.3 is 0 Å². The van der Waals surface area contributed by atoms with Crippen LogP contribution in [0.2, 0.25) is 0 Å². The molecule has 0 unspecified atom stereocenters. The number of anilines is 2. The number of carbonyl (C=O) groups is 1. The first-order valence-electron chi connectivity index (χ1n) is 13.0. The van der Waals surface area contributed by atoms with Gasteiger partial charge in [-0.2, -0.15) is 0 Å². The molecule has 0 radical (unpaired) electrons. The van der Waals surface area contributed by atoms with Crippen LogP contribution in [-0.4, -0.2) is 57.8 Å². The second-order valence-corrected chi connectivity index (χ2v) is 10.5. The molecule has 3 aliphatic rings. The highest BCUT2D eigenvalue weighted by Gasteiger charge is 2.58. The van der Waals surface area contributed by atoms with Crippen LogP contribution in [0.25, 0.3) is 10.6 Å². The first kappa shape index (κ1) is 18.4. The number of rotatable bonds is 4. The Morgan fingerprint density at radius 2 is 2.03 bits per heavy atom. The molecule has 2 aliphatic heterocycles. The normalized spacial score (nSPS) is 21.3. The van der Waals surface area contributed by atoms with Crippen molar-refractivity contribution in [3.63, 3.8) is 0 Å². The van der Waals surface area contributed by atoms with E-state index in [4.69, 9.17) is 4.11 Å². The number of likely N-dealkylation sites (tertiary alicyclic amines) is 1. The van der Waals surface area contributed by atoms with E-state index in [0.717, 1.165) is 37.0 Å². The Balaban J connectivity index is 1.27. The van der Waals surface area contributed by atoms with E-state index < -0.39 is 24.2 Å². The third-order valence-corrected chi connectivity index (χ3v) is 8.81. The summed E-state index contributed by atoms with van der Waals surface area (Å²) in [5.74, 6) is 0.118. The quantitative estimate of drug-likeness (QED) is 0.584. The van der Waals surface area contributed by atoms with Gasteiger partial charge in [0.05, 0.1) is 22.2 Å². The van der Waals surface area contributed by atoms with Gasteiger partial charge in [0.15, 0.2) is 5.82 Å². The van der Waals surface area contributed by atoms with Gasteiger partial charge in [-0.25, -0.2) is 19.3 Å². The van der Waals surface area contributed by atoms with Crippen molar-refractivity contribution in [3.05, 3.63) is 51.9 Å². The van der Waals surface area contributed by atoms with Gasteiger partial charge < -0.3 is 15.1 Å². The number of nitrogens with one attached hydrogen (secondary N) is 1. The molecule has 1 amide bonds. The summed E-state index contributed by atoms with van der Waals surface area (Å²) >= 11 is 1.25. The van der Waals surface area contributed by atoms with E-state index >= 15 is 0 Å². The van der Waals surface area contributed by atoms with Crippen LogP contribution in [0, 0.1) is 12.7 Å². The maximum atomic E-state index is 14.9. The summed E-state index contributed by atoms with van der Waals surface area (Å²) in [7, 11) is 2.14. The van der Waals surface area contributed by atoms with Crippen molar-refractivity contribution in [2.45, 2.75) is 44.1 Å².